The van der Waals surface area contributed by atoms with Crippen LogP contribution in [-0.4, -0.2) is 67.7 Å². The maximum absolute atomic E-state index is 13.2. The van der Waals surface area contributed by atoms with Crippen LogP contribution in [0.4, 0.5) is 0 Å². The molecule has 0 saturated carbocycles. The molecule has 2 aromatic rings. The van der Waals surface area contributed by atoms with Crippen molar-refractivity contribution in [2.24, 2.45) is 0 Å². The molecule has 0 aliphatic carbocycles. The Labute approximate surface area is 157 Å². The van der Waals surface area contributed by atoms with Crippen molar-refractivity contribution >= 4 is 21.4 Å². The molecule has 2 aliphatic heterocycles. The van der Waals surface area contributed by atoms with Crippen LogP contribution in [0.5, 0.6) is 0 Å². The van der Waals surface area contributed by atoms with Crippen molar-refractivity contribution < 1.29 is 17.7 Å². The lowest BCUT2D eigenvalue weighted by atomic mass is 10.1. The van der Waals surface area contributed by atoms with Gasteiger partial charge in [-0.15, -0.1) is 11.3 Å². The second-order valence-electron chi connectivity index (χ2n) is 7.00. The number of ether oxygens (including phenoxy) is 1. The van der Waals surface area contributed by atoms with Crippen LogP contribution in [0.3, 0.4) is 0 Å². The van der Waals surface area contributed by atoms with Gasteiger partial charge >= 0.3 is 0 Å². The molecule has 0 amide bonds. The largest absolute Gasteiger partial charge is 0.378 e. The first-order valence-electron chi connectivity index (χ1n) is 8.74. The van der Waals surface area contributed by atoms with Crippen LogP contribution in [0.1, 0.15) is 17.5 Å². The van der Waals surface area contributed by atoms with E-state index in [4.69, 9.17) is 9.26 Å². The molecule has 0 spiro atoms. The summed E-state index contributed by atoms with van der Waals surface area (Å²) in [7, 11) is -3.54. The summed E-state index contributed by atoms with van der Waals surface area (Å²) in [4.78, 5) is 4.28. The maximum Gasteiger partial charge on any atom is 0.244 e. The predicted molar refractivity (Wildman–Crippen MR) is 98.8 cm³/mol. The number of sulfonamides is 1. The van der Waals surface area contributed by atoms with Gasteiger partial charge in [0.05, 0.1) is 28.7 Å². The summed E-state index contributed by atoms with van der Waals surface area (Å²) in [5, 5.41) is 3.89. The van der Waals surface area contributed by atoms with Crippen LogP contribution >= 0.6 is 11.3 Å². The number of fused-ring (bicyclic) bond motifs is 1. The molecule has 4 heterocycles. The van der Waals surface area contributed by atoms with Crippen LogP contribution in [0.15, 0.2) is 21.6 Å². The Balaban J connectivity index is 1.60. The summed E-state index contributed by atoms with van der Waals surface area (Å²) in [5.41, 5.74) is 0.776. The van der Waals surface area contributed by atoms with E-state index in [1.165, 1.54) is 11.3 Å². The fourth-order valence-electron chi connectivity index (χ4n) is 3.72. The van der Waals surface area contributed by atoms with Crippen molar-refractivity contribution in [3.05, 3.63) is 22.7 Å². The van der Waals surface area contributed by atoms with E-state index in [2.05, 4.69) is 17.0 Å². The minimum absolute atomic E-state index is 0.123. The van der Waals surface area contributed by atoms with Crippen LogP contribution in [-0.2, 0) is 14.8 Å². The second-order valence-corrected chi connectivity index (χ2v) is 10.2. The number of nitrogens with zero attached hydrogens (tertiary/aromatic N) is 3. The zero-order valence-electron chi connectivity index (χ0n) is 15.1. The molecular formula is C17H23N3O4S2. The van der Waals surface area contributed by atoms with E-state index in [1.54, 1.807) is 10.4 Å². The molecule has 0 unspecified atom stereocenters. The zero-order chi connectivity index (χ0) is 18.5. The molecule has 26 heavy (non-hydrogen) atoms. The number of rotatable bonds is 3. The summed E-state index contributed by atoms with van der Waals surface area (Å²) < 4.78 is 39.0. The summed E-state index contributed by atoms with van der Waals surface area (Å²) in [6.07, 6.45) is 0. The van der Waals surface area contributed by atoms with E-state index in [1.807, 2.05) is 19.9 Å². The minimum atomic E-state index is -3.54. The fraction of sp³-hybridized carbons (Fsp3) is 0.588. The highest BCUT2D eigenvalue weighted by Crippen LogP contribution is 2.36. The van der Waals surface area contributed by atoms with E-state index in [9.17, 15) is 8.42 Å². The van der Waals surface area contributed by atoms with Gasteiger partial charge in [-0.1, -0.05) is 5.16 Å². The smallest absolute Gasteiger partial charge is 0.244 e. The van der Waals surface area contributed by atoms with Crippen LogP contribution in [0.2, 0.25) is 0 Å². The molecule has 2 saturated heterocycles. The molecule has 0 radical (unpaired) electrons. The molecule has 2 atom stereocenters. The molecule has 4 rings (SSSR count). The van der Waals surface area contributed by atoms with E-state index < -0.39 is 10.0 Å². The topological polar surface area (TPSA) is 75.9 Å². The van der Waals surface area contributed by atoms with Gasteiger partial charge in [0.1, 0.15) is 0 Å². The second kappa shape index (κ2) is 6.72. The summed E-state index contributed by atoms with van der Waals surface area (Å²) in [5.74, 6) is 0.608. The molecule has 2 fully saturated rings. The highest BCUT2D eigenvalue weighted by Gasteiger charge is 2.39. The van der Waals surface area contributed by atoms with Crippen molar-refractivity contribution in [3.63, 3.8) is 0 Å². The van der Waals surface area contributed by atoms with E-state index >= 15 is 0 Å². The third-order valence-corrected chi connectivity index (χ3v) is 8.27. The highest BCUT2D eigenvalue weighted by molar-refractivity contribution is 7.89. The number of hydrogen-bond donors (Lipinski definition) is 0. The lowest BCUT2D eigenvalue weighted by Crippen LogP contribution is -2.61. The molecule has 2 aromatic heterocycles. The Morgan fingerprint density at radius 3 is 2.77 bits per heavy atom. The van der Waals surface area contributed by atoms with Crippen LogP contribution < -0.4 is 0 Å². The maximum atomic E-state index is 13.2. The predicted octanol–water partition coefficient (Wildman–Crippen LogP) is 2.11. The number of piperazine rings is 1. The molecule has 2 aliphatic rings. The van der Waals surface area contributed by atoms with E-state index in [0.717, 1.165) is 22.0 Å². The van der Waals surface area contributed by atoms with Gasteiger partial charge in [-0.25, -0.2) is 8.42 Å². The average Bonchev–Trinajstić information content (AvgIpc) is 3.21. The Morgan fingerprint density at radius 1 is 1.23 bits per heavy atom. The minimum Gasteiger partial charge on any atom is -0.378 e. The van der Waals surface area contributed by atoms with Crippen molar-refractivity contribution in [1.82, 2.24) is 14.4 Å². The highest BCUT2D eigenvalue weighted by atomic mass is 32.2. The molecule has 142 valence electrons. The van der Waals surface area contributed by atoms with Gasteiger partial charge < -0.3 is 9.26 Å². The zero-order valence-corrected chi connectivity index (χ0v) is 16.8. The van der Waals surface area contributed by atoms with E-state index in [-0.39, 0.29) is 6.04 Å². The van der Waals surface area contributed by atoms with Crippen molar-refractivity contribution in [1.29, 1.82) is 0 Å². The summed E-state index contributed by atoms with van der Waals surface area (Å²) in [6.45, 7) is 8.84. The van der Waals surface area contributed by atoms with Gasteiger partial charge in [-0.3, -0.25) is 4.90 Å². The molecule has 9 heteroatoms. The number of aromatic nitrogens is 1. The monoisotopic (exact) mass is 397 g/mol. The van der Waals surface area contributed by atoms with Gasteiger partial charge in [0.25, 0.3) is 0 Å². The van der Waals surface area contributed by atoms with Crippen molar-refractivity contribution in [2.75, 3.05) is 32.8 Å². The Kier molecular flexibility index (Phi) is 4.68. The van der Waals surface area contributed by atoms with E-state index in [0.29, 0.717) is 43.0 Å². The number of thiophene rings is 1. The van der Waals surface area contributed by atoms with Gasteiger partial charge in [0, 0.05) is 42.7 Å². The quantitative estimate of drug-likeness (QED) is 0.790. The van der Waals surface area contributed by atoms with Crippen LogP contribution in [0.25, 0.3) is 10.6 Å². The van der Waals surface area contributed by atoms with Crippen molar-refractivity contribution in [3.8, 4) is 10.6 Å². The SMILES string of the molecule is Cc1cc(-c2cc(S(=O)(=O)N3CCN4[C@@H](COC[C@@H]4C)C3)c(C)s2)on1. The first kappa shape index (κ1) is 18.1. The first-order valence-corrected chi connectivity index (χ1v) is 11.0. The van der Waals surface area contributed by atoms with Crippen LogP contribution in [0, 0.1) is 13.8 Å². The fourth-order valence-corrected chi connectivity index (χ4v) is 6.70. The first-order chi connectivity index (χ1) is 12.4. The standard InChI is InChI=1S/C17H23N3O4S2/c1-11-6-15(24-18-11)16-7-17(13(3)25-16)26(21,22)19-4-5-20-12(2)9-23-10-14(20)8-19/h6-7,12,14H,4-5,8-10H2,1-3H3/t12-,14+/m0/s1. The van der Waals surface area contributed by atoms with Gasteiger partial charge in [0.15, 0.2) is 5.76 Å². The molecule has 0 N–H and O–H groups in total. The number of morpholine rings is 1. The summed E-state index contributed by atoms with van der Waals surface area (Å²) in [6, 6.07) is 3.99. The number of hydrogen-bond acceptors (Lipinski definition) is 7. The normalized spacial score (nSPS) is 25.3. The Morgan fingerprint density at radius 2 is 2.04 bits per heavy atom. The third kappa shape index (κ3) is 3.11. The lowest BCUT2D eigenvalue weighted by molar-refractivity contribution is -0.0634. The molecule has 7 nitrogen and oxygen atoms in total. The average molecular weight is 398 g/mol. The Hall–Kier alpha value is -1.26. The summed E-state index contributed by atoms with van der Waals surface area (Å²) >= 11 is 1.42. The van der Waals surface area contributed by atoms with Gasteiger partial charge in [0.2, 0.25) is 10.0 Å². The van der Waals surface area contributed by atoms with Crippen molar-refractivity contribution in [2.45, 2.75) is 37.8 Å². The van der Waals surface area contributed by atoms with Gasteiger partial charge in [-0.2, -0.15) is 4.31 Å². The molecular weight excluding hydrogens is 374 g/mol. The molecule has 0 bridgehead atoms. The number of aryl methyl sites for hydroxylation is 2. The third-order valence-electron chi connectivity index (χ3n) is 5.09. The van der Waals surface area contributed by atoms with Gasteiger partial charge in [-0.05, 0) is 26.8 Å². The lowest BCUT2D eigenvalue weighted by Gasteiger charge is -2.46. The molecule has 0 aromatic carbocycles. The Bertz CT molecular complexity index is 905.